The fraction of sp³-hybridized carbons (Fsp3) is 0.364. The van der Waals surface area contributed by atoms with Crippen molar-refractivity contribution in [1.82, 2.24) is 0 Å². The van der Waals surface area contributed by atoms with Gasteiger partial charge < -0.3 is 9.47 Å². The van der Waals surface area contributed by atoms with Crippen LogP contribution in [0.1, 0.15) is 18.1 Å². The lowest BCUT2D eigenvalue weighted by Crippen LogP contribution is -2.10. The third-order valence-electron chi connectivity index (χ3n) is 2.21. The molecule has 0 unspecified atom stereocenters. The van der Waals surface area contributed by atoms with Crippen LogP contribution in [0.15, 0.2) is 18.2 Å². The summed E-state index contributed by atoms with van der Waals surface area (Å²) in [6, 6.07) is 5.69. The van der Waals surface area contributed by atoms with Crippen LogP contribution in [0.5, 0.6) is 5.75 Å². The number of benzene rings is 1. The highest BCUT2D eigenvalue weighted by molar-refractivity contribution is 5.69. The van der Waals surface area contributed by atoms with Crippen LogP contribution in [-0.4, -0.2) is 12.6 Å². The van der Waals surface area contributed by atoms with Crippen molar-refractivity contribution in [2.75, 3.05) is 6.61 Å². The van der Waals surface area contributed by atoms with Gasteiger partial charge in [0, 0.05) is 6.92 Å². The molecule has 1 aliphatic heterocycles. The Morgan fingerprint density at radius 1 is 1.43 bits per heavy atom. The van der Waals surface area contributed by atoms with Crippen molar-refractivity contribution >= 4 is 5.97 Å². The van der Waals surface area contributed by atoms with Gasteiger partial charge in [-0.15, -0.1) is 0 Å². The van der Waals surface area contributed by atoms with E-state index in [1.54, 1.807) is 0 Å². The predicted octanol–water partition coefficient (Wildman–Crippen LogP) is 1.68. The van der Waals surface area contributed by atoms with Crippen LogP contribution >= 0.6 is 0 Å². The van der Waals surface area contributed by atoms with Crippen LogP contribution in [0.3, 0.4) is 0 Å². The molecular formula is C11H12O3. The average Bonchev–Trinajstić information content (AvgIpc) is 2.17. The largest absolute Gasteiger partial charge is 0.427 e. The van der Waals surface area contributed by atoms with Gasteiger partial charge in [0.2, 0.25) is 0 Å². The molecule has 1 aromatic carbocycles. The Hall–Kier alpha value is -1.35. The molecule has 74 valence electrons. The molecule has 3 nitrogen and oxygen atoms in total. The van der Waals surface area contributed by atoms with E-state index in [2.05, 4.69) is 0 Å². The quantitative estimate of drug-likeness (QED) is 0.501. The molecule has 0 N–H and O–H groups in total. The van der Waals surface area contributed by atoms with Gasteiger partial charge >= 0.3 is 5.97 Å². The maximum Gasteiger partial charge on any atom is 0.308 e. The molecule has 0 aromatic heterocycles. The zero-order valence-corrected chi connectivity index (χ0v) is 8.08. The number of ether oxygens (including phenoxy) is 2. The van der Waals surface area contributed by atoms with E-state index < -0.39 is 0 Å². The first kappa shape index (κ1) is 9.21. The van der Waals surface area contributed by atoms with Gasteiger partial charge in [0.25, 0.3) is 0 Å². The second kappa shape index (κ2) is 3.80. The first-order valence-corrected chi connectivity index (χ1v) is 4.63. The Balaban J connectivity index is 2.24. The van der Waals surface area contributed by atoms with E-state index in [1.807, 2.05) is 18.2 Å². The summed E-state index contributed by atoms with van der Waals surface area (Å²) in [5, 5.41) is 0. The van der Waals surface area contributed by atoms with Crippen molar-refractivity contribution in [2.45, 2.75) is 20.0 Å². The minimum absolute atomic E-state index is 0.290. The van der Waals surface area contributed by atoms with E-state index in [1.165, 1.54) is 12.5 Å². The number of esters is 1. The third kappa shape index (κ3) is 1.93. The Morgan fingerprint density at radius 3 is 3.07 bits per heavy atom. The molecule has 0 amide bonds. The van der Waals surface area contributed by atoms with Crippen LogP contribution in [-0.2, 0) is 22.6 Å². The molecule has 0 saturated carbocycles. The lowest BCUT2D eigenvalue weighted by Gasteiger charge is -2.16. The Kier molecular flexibility index (Phi) is 2.50. The second-order valence-electron chi connectivity index (χ2n) is 3.33. The molecule has 0 saturated heterocycles. The summed E-state index contributed by atoms with van der Waals surface area (Å²) in [4.78, 5) is 10.7. The minimum atomic E-state index is -0.290. The number of carbonyl (C=O) groups excluding carboxylic acids is 1. The topological polar surface area (TPSA) is 35.5 Å². The van der Waals surface area contributed by atoms with E-state index in [-0.39, 0.29) is 5.97 Å². The summed E-state index contributed by atoms with van der Waals surface area (Å²) in [5.41, 5.74) is 2.40. The Bertz CT molecular complexity index is 358. The van der Waals surface area contributed by atoms with Gasteiger partial charge in [0.1, 0.15) is 5.75 Å². The summed E-state index contributed by atoms with van der Waals surface area (Å²) in [5.74, 6) is 0.309. The number of hydrogen-bond acceptors (Lipinski definition) is 3. The SMILES string of the molecule is CC(=O)Oc1ccc2c(c1)COCC2. The number of hydrogen-bond donors (Lipinski definition) is 0. The summed E-state index contributed by atoms with van der Waals surface area (Å²) in [7, 11) is 0. The summed E-state index contributed by atoms with van der Waals surface area (Å²) >= 11 is 0. The fourth-order valence-electron chi connectivity index (χ4n) is 1.57. The fourth-order valence-corrected chi connectivity index (χ4v) is 1.57. The Morgan fingerprint density at radius 2 is 2.29 bits per heavy atom. The lowest BCUT2D eigenvalue weighted by molar-refractivity contribution is -0.131. The van der Waals surface area contributed by atoms with Gasteiger partial charge in [-0.25, -0.2) is 0 Å². The Labute approximate surface area is 82.6 Å². The van der Waals surface area contributed by atoms with Crippen molar-refractivity contribution in [3.63, 3.8) is 0 Å². The highest BCUT2D eigenvalue weighted by atomic mass is 16.5. The first-order chi connectivity index (χ1) is 6.75. The van der Waals surface area contributed by atoms with Crippen LogP contribution in [0, 0.1) is 0 Å². The van der Waals surface area contributed by atoms with Crippen LogP contribution in [0.25, 0.3) is 0 Å². The molecule has 3 heteroatoms. The standard InChI is InChI=1S/C11H12O3/c1-8(12)14-11-3-2-9-4-5-13-7-10(9)6-11/h2-3,6H,4-5,7H2,1H3. The van der Waals surface area contributed by atoms with Gasteiger partial charge in [-0.1, -0.05) is 6.07 Å². The second-order valence-corrected chi connectivity index (χ2v) is 3.33. The highest BCUT2D eigenvalue weighted by Gasteiger charge is 2.10. The van der Waals surface area contributed by atoms with E-state index in [0.717, 1.165) is 18.6 Å². The van der Waals surface area contributed by atoms with Crippen LogP contribution < -0.4 is 4.74 Å². The summed E-state index contributed by atoms with van der Waals surface area (Å²) in [6.07, 6.45) is 0.940. The number of carbonyl (C=O) groups is 1. The normalized spacial score (nSPS) is 14.6. The molecule has 0 bridgehead atoms. The zero-order valence-electron chi connectivity index (χ0n) is 8.08. The predicted molar refractivity (Wildman–Crippen MR) is 51.1 cm³/mol. The molecule has 14 heavy (non-hydrogen) atoms. The maximum absolute atomic E-state index is 10.7. The van der Waals surface area contributed by atoms with Gasteiger partial charge in [-0.05, 0) is 29.7 Å². The molecule has 0 aliphatic carbocycles. The maximum atomic E-state index is 10.7. The zero-order chi connectivity index (χ0) is 9.97. The van der Waals surface area contributed by atoms with E-state index in [0.29, 0.717) is 12.4 Å². The van der Waals surface area contributed by atoms with Crippen molar-refractivity contribution in [3.05, 3.63) is 29.3 Å². The minimum Gasteiger partial charge on any atom is -0.427 e. The lowest BCUT2D eigenvalue weighted by atomic mass is 10.0. The molecule has 2 rings (SSSR count). The highest BCUT2D eigenvalue weighted by Crippen LogP contribution is 2.22. The van der Waals surface area contributed by atoms with Crippen molar-refractivity contribution in [1.29, 1.82) is 0 Å². The summed E-state index contributed by atoms with van der Waals surface area (Å²) < 4.78 is 10.3. The molecule has 0 fully saturated rings. The molecule has 1 heterocycles. The third-order valence-corrected chi connectivity index (χ3v) is 2.21. The monoisotopic (exact) mass is 192 g/mol. The van der Waals surface area contributed by atoms with Crippen LogP contribution in [0.2, 0.25) is 0 Å². The van der Waals surface area contributed by atoms with Crippen LogP contribution in [0.4, 0.5) is 0 Å². The molecule has 0 radical (unpaired) electrons. The van der Waals surface area contributed by atoms with Crippen molar-refractivity contribution in [3.8, 4) is 5.75 Å². The average molecular weight is 192 g/mol. The molecule has 0 spiro atoms. The van der Waals surface area contributed by atoms with Gasteiger partial charge in [-0.2, -0.15) is 0 Å². The van der Waals surface area contributed by atoms with E-state index in [4.69, 9.17) is 9.47 Å². The van der Waals surface area contributed by atoms with Crippen molar-refractivity contribution in [2.24, 2.45) is 0 Å². The smallest absolute Gasteiger partial charge is 0.308 e. The van der Waals surface area contributed by atoms with Gasteiger partial charge in [0.15, 0.2) is 0 Å². The van der Waals surface area contributed by atoms with E-state index >= 15 is 0 Å². The van der Waals surface area contributed by atoms with E-state index in [9.17, 15) is 4.79 Å². The van der Waals surface area contributed by atoms with Gasteiger partial charge in [-0.3, -0.25) is 4.79 Å². The number of rotatable bonds is 1. The molecule has 0 atom stereocenters. The van der Waals surface area contributed by atoms with Gasteiger partial charge in [0.05, 0.1) is 13.2 Å². The van der Waals surface area contributed by atoms with Crippen molar-refractivity contribution < 1.29 is 14.3 Å². The molecule has 1 aromatic rings. The molecular weight excluding hydrogens is 180 g/mol. The molecule has 1 aliphatic rings. The summed E-state index contributed by atoms with van der Waals surface area (Å²) in [6.45, 7) is 2.79. The first-order valence-electron chi connectivity index (χ1n) is 4.63. The number of fused-ring (bicyclic) bond motifs is 1.